The maximum Gasteiger partial charge on any atom is 0.370 e. The molecule has 2 aromatic rings. The van der Waals surface area contributed by atoms with E-state index in [1.807, 2.05) is 0 Å². The van der Waals surface area contributed by atoms with Crippen LogP contribution in [0.1, 0.15) is 6.92 Å². The summed E-state index contributed by atoms with van der Waals surface area (Å²) in [4.78, 5) is 23.3. The second-order valence-electron chi connectivity index (χ2n) is 7.51. The van der Waals surface area contributed by atoms with Gasteiger partial charge >= 0.3 is 5.97 Å². The van der Waals surface area contributed by atoms with E-state index in [0.717, 1.165) is 13.0 Å². The summed E-state index contributed by atoms with van der Waals surface area (Å²) in [6.45, 7) is 0.255. The number of ether oxygens (including phenoxy) is 1. The van der Waals surface area contributed by atoms with Crippen LogP contribution >= 0.6 is 0 Å². The van der Waals surface area contributed by atoms with Gasteiger partial charge in [-0.3, -0.25) is 4.79 Å². The number of nitrogens with one attached hydrogen (secondary N) is 2. The van der Waals surface area contributed by atoms with Crippen LogP contribution in [0.3, 0.4) is 0 Å². The number of rotatable bonds is 8. The molecule has 0 fully saturated rings. The zero-order valence-electron chi connectivity index (χ0n) is 17.5. The molecule has 2 aromatic carbocycles. The van der Waals surface area contributed by atoms with Crippen molar-refractivity contribution >= 4 is 32.7 Å². The number of aliphatic carboxylic acids is 1. The van der Waals surface area contributed by atoms with E-state index in [9.17, 15) is 38.4 Å². The number of carboxylic acids is 1. The Labute approximate surface area is 189 Å². The van der Waals surface area contributed by atoms with Gasteiger partial charge in [0.2, 0.25) is 21.7 Å². The number of amides is 1. The highest BCUT2D eigenvalue weighted by atomic mass is 32.2. The fourth-order valence-electron chi connectivity index (χ4n) is 3.65. The molecule has 1 amide bonds. The number of aliphatic hydroxyl groups is 3. The lowest BCUT2D eigenvalue weighted by molar-refractivity contribution is -0.146. The van der Waals surface area contributed by atoms with Crippen molar-refractivity contribution in [3.05, 3.63) is 54.3 Å². The molecule has 0 spiro atoms. The third-order valence-corrected chi connectivity index (χ3v) is 6.68. The lowest BCUT2D eigenvalue weighted by Gasteiger charge is -2.39. The highest BCUT2D eigenvalue weighted by Crippen LogP contribution is 2.27. The molecule has 0 bridgehead atoms. The molecular weight excluding hydrogens is 456 g/mol. The second-order valence-corrected chi connectivity index (χ2v) is 9.19. The van der Waals surface area contributed by atoms with E-state index in [0.29, 0.717) is 10.8 Å². The van der Waals surface area contributed by atoms with Crippen molar-refractivity contribution in [3.63, 3.8) is 0 Å². The molecule has 33 heavy (non-hydrogen) atoms. The van der Waals surface area contributed by atoms with Crippen molar-refractivity contribution in [2.75, 3.05) is 6.61 Å². The number of fused-ring (bicyclic) bond motifs is 1. The number of aliphatic hydroxyl groups excluding tert-OH is 3. The van der Waals surface area contributed by atoms with Crippen LogP contribution in [0.2, 0.25) is 0 Å². The molecule has 1 aliphatic rings. The first kappa shape index (κ1) is 24.6. The van der Waals surface area contributed by atoms with Crippen molar-refractivity contribution in [2.24, 2.45) is 0 Å². The number of carbonyl (C=O) groups is 2. The predicted octanol–water partition coefficient (Wildman–Crippen LogP) is -0.927. The highest BCUT2D eigenvalue weighted by molar-refractivity contribution is 7.89. The molecule has 6 N–H and O–H groups in total. The second kappa shape index (κ2) is 9.85. The molecule has 0 aromatic heterocycles. The Morgan fingerprint density at radius 1 is 1.12 bits per heavy atom. The largest absolute Gasteiger partial charge is 0.478 e. The summed E-state index contributed by atoms with van der Waals surface area (Å²) < 4.78 is 34.2. The first-order valence-electron chi connectivity index (χ1n) is 9.91. The fourth-order valence-corrected chi connectivity index (χ4v) is 5.08. The van der Waals surface area contributed by atoms with Crippen molar-refractivity contribution in [1.29, 1.82) is 0 Å². The number of hydrogen-bond donors (Lipinski definition) is 6. The molecule has 11 nitrogen and oxygen atoms in total. The van der Waals surface area contributed by atoms with Gasteiger partial charge in [-0.2, -0.15) is 0 Å². The minimum Gasteiger partial charge on any atom is -0.478 e. The molecule has 178 valence electrons. The molecular formula is C21H24N2O9S. The summed E-state index contributed by atoms with van der Waals surface area (Å²) >= 11 is 0. The van der Waals surface area contributed by atoms with Gasteiger partial charge in [0.05, 0.1) is 23.6 Å². The third-order valence-electron chi connectivity index (χ3n) is 5.16. The Kier molecular flexibility index (Phi) is 7.34. The van der Waals surface area contributed by atoms with Gasteiger partial charge in [-0.15, -0.1) is 0 Å². The van der Waals surface area contributed by atoms with Gasteiger partial charge in [0, 0.05) is 12.3 Å². The molecule has 0 aliphatic carbocycles. The molecule has 5 atom stereocenters. The zero-order valence-corrected chi connectivity index (χ0v) is 18.3. The van der Waals surface area contributed by atoms with Crippen molar-refractivity contribution in [2.45, 2.75) is 42.2 Å². The van der Waals surface area contributed by atoms with Crippen LogP contribution in [0, 0.1) is 0 Å². The van der Waals surface area contributed by atoms with Gasteiger partial charge in [-0.05, 0) is 17.5 Å². The van der Waals surface area contributed by atoms with Crippen LogP contribution in [0.5, 0.6) is 0 Å². The van der Waals surface area contributed by atoms with E-state index in [-0.39, 0.29) is 4.90 Å². The monoisotopic (exact) mass is 480 g/mol. The normalized spacial score (nSPS) is 22.7. The smallest absolute Gasteiger partial charge is 0.370 e. The first-order valence-corrected chi connectivity index (χ1v) is 11.4. The number of carboxylic acid groups (broad SMARTS) is 1. The average Bonchev–Trinajstić information content (AvgIpc) is 2.77. The van der Waals surface area contributed by atoms with E-state index < -0.39 is 64.7 Å². The predicted molar refractivity (Wildman–Crippen MR) is 115 cm³/mol. The van der Waals surface area contributed by atoms with Crippen molar-refractivity contribution in [1.82, 2.24) is 10.0 Å². The third kappa shape index (κ3) is 5.31. The zero-order chi connectivity index (χ0) is 24.3. The van der Waals surface area contributed by atoms with Crippen LogP contribution in [0.25, 0.3) is 10.8 Å². The summed E-state index contributed by atoms with van der Waals surface area (Å²) in [5, 5.41) is 42.4. The Balaban J connectivity index is 2.07. The summed E-state index contributed by atoms with van der Waals surface area (Å²) in [6, 6.07) is 8.73. The molecule has 1 heterocycles. The quantitative estimate of drug-likeness (QED) is 0.278. The highest BCUT2D eigenvalue weighted by Gasteiger charge is 2.44. The number of carbonyl (C=O) groups excluding carboxylic acids is 1. The molecule has 3 rings (SSSR count). The van der Waals surface area contributed by atoms with Crippen LogP contribution in [0.4, 0.5) is 0 Å². The topological polar surface area (TPSA) is 182 Å². The Morgan fingerprint density at radius 3 is 2.42 bits per heavy atom. The fraction of sp³-hybridized carbons (Fsp3) is 0.333. The van der Waals surface area contributed by atoms with E-state index in [2.05, 4.69) is 10.0 Å². The SMILES string of the molecule is CC(=O)N[C@H]1[C@H]([C@H](O)C(O)CO)OC(C(=O)O)=C[C@@H]1NS(=O)(=O)c1cccc2ccccc12. The Bertz CT molecular complexity index is 1180. The lowest BCUT2D eigenvalue weighted by atomic mass is 9.92. The minimum absolute atomic E-state index is 0.0774. The van der Waals surface area contributed by atoms with Gasteiger partial charge in [0.15, 0.2) is 0 Å². The van der Waals surface area contributed by atoms with Crippen LogP contribution < -0.4 is 10.0 Å². The molecule has 0 saturated heterocycles. The Morgan fingerprint density at radius 2 is 1.79 bits per heavy atom. The Hall–Kier alpha value is -3.03. The molecule has 0 radical (unpaired) electrons. The van der Waals surface area contributed by atoms with Gasteiger partial charge < -0.3 is 30.5 Å². The van der Waals surface area contributed by atoms with Gasteiger partial charge in [-0.25, -0.2) is 17.9 Å². The number of hydrogen-bond acceptors (Lipinski definition) is 8. The van der Waals surface area contributed by atoms with Crippen LogP contribution in [-0.4, -0.2) is 77.7 Å². The molecule has 1 aliphatic heterocycles. The van der Waals surface area contributed by atoms with E-state index in [4.69, 9.17) is 4.74 Å². The average molecular weight is 480 g/mol. The lowest BCUT2D eigenvalue weighted by Crippen LogP contribution is -2.63. The van der Waals surface area contributed by atoms with Gasteiger partial charge in [0.1, 0.15) is 18.3 Å². The van der Waals surface area contributed by atoms with E-state index in [1.165, 1.54) is 6.07 Å². The molecule has 0 saturated carbocycles. The summed E-state index contributed by atoms with van der Waals surface area (Å²) in [5.74, 6) is -2.88. The van der Waals surface area contributed by atoms with Crippen LogP contribution in [0.15, 0.2) is 59.2 Å². The standard InChI is InChI=1S/C21H24N2O9S/c1-11(25)22-18-14(9-16(21(28)29)32-20(18)19(27)15(26)10-24)23-33(30,31)17-8-4-6-12-5-2-3-7-13(12)17/h2-9,14-15,18-20,23-24,26-27H,10H2,1H3,(H,22,25)(H,28,29)/t14-,15?,18+,19+,20+/m0/s1. The molecule has 1 unspecified atom stereocenters. The van der Waals surface area contributed by atoms with Crippen molar-refractivity contribution in [3.8, 4) is 0 Å². The summed E-state index contributed by atoms with van der Waals surface area (Å²) in [7, 11) is -4.27. The number of sulfonamides is 1. The minimum atomic E-state index is -4.27. The van der Waals surface area contributed by atoms with Gasteiger partial charge in [-0.1, -0.05) is 36.4 Å². The van der Waals surface area contributed by atoms with Gasteiger partial charge in [0.25, 0.3) is 0 Å². The maximum absolute atomic E-state index is 13.3. The van der Waals surface area contributed by atoms with Crippen molar-refractivity contribution < 1.29 is 43.2 Å². The molecule has 12 heteroatoms. The summed E-state index contributed by atoms with van der Waals surface area (Å²) in [6.07, 6.45) is -4.22. The first-order chi connectivity index (χ1) is 15.5. The van der Waals surface area contributed by atoms with Crippen LogP contribution in [-0.2, 0) is 24.3 Å². The number of benzene rings is 2. The van der Waals surface area contributed by atoms with E-state index >= 15 is 0 Å². The van der Waals surface area contributed by atoms with E-state index in [1.54, 1.807) is 36.4 Å². The summed E-state index contributed by atoms with van der Waals surface area (Å²) in [5.41, 5.74) is 0. The maximum atomic E-state index is 13.3.